The van der Waals surface area contributed by atoms with E-state index in [1.165, 1.54) is 18.2 Å². The predicted octanol–water partition coefficient (Wildman–Crippen LogP) is 5.45. The van der Waals surface area contributed by atoms with Crippen molar-refractivity contribution in [2.24, 2.45) is 0 Å². The van der Waals surface area contributed by atoms with E-state index in [2.05, 4.69) is 4.98 Å². The van der Waals surface area contributed by atoms with E-state index in [9.17, 15) is 14.0 Å². The number of aromatic nitrogens is 1. The summed E-state index contributed by atoms with van der Waals surface area (Å²) >= 11 is 0. The van der Waals surface area contributed by atoms with E-state index in [0.29, 0.717) is 22.3 Å². The van der Waals surface area contributed by atoms with Crippen molar-refractivity contribution in [1.82, 2.24) is 4.98 Å². The molecule has 0 fully saturated rings. The Hall–Kier alpha value is -3.86. The van der Waals surface area contributed by atoms with E-state index >= 15 is 0 Å². The zero-order valence-electron chi connectivity index (χ0n) is 16.3. The molecular weight excluding hydrogens is 381 g/mol. The molecule has 30 heavy (non-hydrogen) atoms. The largest absolute Gasteiger partial charge is 0.462 e. The molecule has 0 aliphatic rings. The minimum Gasteiger partial charge on any atom is -0.462 e. The van der Waals surface area contributed by atoms with E-state index in [-0.39, 0.29) is 23.1 Å². The second kappa shape index (κ2) is 8.25. The van der Waals surface area contributed by atoms with Gasteiger partial charge in [0.25, 0.3) is 0 Å². The Morgan fingerprint density at radius 1 is 0.900 bits per heavy atom. The molecule has 148 valence electrons. The Balaban J connectivity index is 2.12. The Morgan fingerprint density at radius 2 is 1.57 bits per heavy atom. The molecule has 0 atom stereocenters. The molecule has 0 aliphatic heterocycles. The van der Waals surface area contributed by atoms with Gasteiger partial charge in [0, 0.05) is 22.1 Å². The lowest BCUT2D eigenvalue weighted by Crippen LogP contribution is -2.16. The lowest BCUT2D eigenvalue weighted by molar-refractivity contribution is 0.0524. The molecule has 4 rings (SSSR count). The van der Waals surface area contributed by atoms with Crippen molar-refractivity contribution < 1.29 is 18.7 Å². The normalized spacial score (nSPS) is 10.7. The molecule has 0 saturated heterocycles. The van der Waals surface area contributed by atoms with Crippen LogP contribution in [0.5, 0.6) is 0 Å². The number of carbonyl (C=O) groups excluding carboxylic acids is 2. The summed E-state index contributed by atoms with van der Waals surface area (Å²) in [6.45, 7) is 1.82. The van der Waals surface area contributed by atoms with Gasteiger partial charge in [-0.3, -0.25) is 4.79 Å². The van der Waals surface area contributed by atoms with Crippen molar-refractivity contribution in [3.63, 3.8) is 0 Å². The van der Waals surface area contributed by atoms with E-state index in [0.717, 1.165) is 0 Å². The minimum atomic E-state index is -0.672. The first kappa shape index (κ1) is 19.5. The van der Waals surface area contributed by atoms with Crippen LogP contribution in [0.3, 0.4) is 0 Å². The molecule has 0 saturated carbocycles. The van der Waals surface area contributed by atoms with Gasteiger partial charge in [-0.1, -0.05) is 60.7 Å². The topological polar surface area (TPSA) is 56.3 Å². The monoisotopic (exact) mass is 399 g/mol. The number of hydrogen-bond donors (Lipinski definition) is 0. The summed E-state index contributed by atoms with van der Waals surface area (Å²) in [5.41, 5.74) is 1.92. The average molecular weight is 399 g/mol. The van der Waals surface area contributed by atoms with Gasteiger partial charge in [-0.05, 0) is 25.1 Å². The van der Waals surface area contributed by atoms with Crippen LogP contribution >= 0.6 is 0 Å². The van der Waals surface area contributed by atoms with Crippen LogP contribution in [-0.2, 0) is 4.74 Å². The Bertz CT molecular complexity index is 1240. The van der Waals surface area contributed by atoms with Crippen LogP contribution in [0, 0.1) is 5.82 Å². The maximum atomic E-state index is 14.1. The van der Waals surface area contributed by atoms with Crippen molar-refractivity contribution in [3.8, 4) is 11.3 Å². The van der Waals surface area contributed by atoms with Gasteiger partial charge in [0.1, 0.15) is 5.82 Å². The molecule has 0 bridgehead atoms. The predicted molar refractivity (Wildman–Crippen MR) is 113 cm³/mol. The zero-order chi connectivity index (χ0) is 21.1. The fourth-order valence-corrected chi connectivity index (χ4v) is 3.41. The number of ether oxygens (including phenoxy) is 1. The molecule has 0 radical (unpaired) electrons. The van der Waals surface area contributed by atoms with E-state index in [1.807, 2.05) is 18.2 Å². The number of fused-ring (bicyclic) bond motifs is 1. The number of pyridine rings is 1. The number of nitrogens with zero attached hydrogens (tertiary/aromatic N) is 1. The van der Waals surface area contributed by atoms with Gasteiger partial charge in [0.2, 0.25) is 0 Å². The summed E-state index contributed by atoms with van der Waals surface area (Å²) in [7, 11) is 0. The third-order valence-electron chi connectivity index (χ3n) is 4.74. The van der Waals surface area contributed by atoms with Crippen molar-refractivity contribution in [2.75, 3.05) is 6.61 Å². The highest BCUT2D eigenvalue weighted by atomic mass is 19.1. The first-order valence-corrected chi connectivity index (χ1v) is 9.55. The van der Waals surface area contributed by atoms with Gasteiger partial charge in [0.05, 0.1) is 23.4 Å². The second-order valence-electron chi connectivity index (χ2n) is 6.65. The van der Waals surface area contributed by atoms with Gasteiger partial charge >= 0.3 is 5.97 Å². The third kappa shape index (κ3) is 3.57. The molecule has 3 aromatic carbocycles. The van der Waals surface area contributed by atoms with Crippen LogP contribution < -0.4 is 0 Å². The highest BCUT2D eigenvalue weighted by Crippen LogP contribution is 2.33. The molecule has 0 unspecified atom stereocenters. The highest BCUT2D eigenvalue weighted by Gasteiger charge is 2.28. The third-order valence-corrected chi connectivity index (χ3v) is 4.74. The standard InChI is InChI=1S/C25H18FNO3/c1-2-30-25(29)22-21(24(28)17-11-7-4-8-12-17)19-15-18(26)13-14-20(19)27-23(22)16-9-5-3-6-10-16/h3-15H,2H2,1H3. The van der Waals surface area contributed by atoms with Crippen LogP contribution in [0.2, 0.25) is 0 Å². The summed E-state index contributed by atoms with van der Waals surface area (Å²) in [5, 5.41) is 0.270. The summed E-state index contributed by atoms with van der Waals surface area (Å²) in [5.74, 6) is -1.59. The lowest BCUT2D eigenvalue weighted by atomic mass is 9.91. The van der Waals surface area contributed by atoms with Gasteiger partial charge in [-0.15, -0.1) is 0 Å². The van der Waals surface area contributed by atoms with E-state index < -0.39 is 17.6 Å². The van der Waals surface area contributed by atoms with Crippen molar-refractivity contribution >= 4 is 22.7 Å². The Morgan fingerprint density at radius 3 is 2.23 bits per heavy atom. The number of ketones is 1. The number of rotatable bonds is 5. The molecule has 1 aromatic heterocycles. The zero-order valence-corrected chi connectivity index (χ0v) is 16.3. The first-order chi connectivity index (χ1) is 14.6. The van der Waals surface area contributed by atoms with E-state index in [1.54, 1.807) is 49.4 Å². The smallest absolute Gasteiger partial charge is 0.341 e. The quantitative estimate of drug-likeness (QED) is 0.331. The first-order valence-electron chi connectivity index (χ1n) is 9.55. The SMILES string of the molecule is CCOC(=O)c1c(-c2ccccc2)nc2ccc(F)cc2c1C(=O)c1ccccc1. The number of carbonyl (C=O) groups is 2. The highest BCUT2D eigenvalue weighted by molar-refractivity contribution is 6.22. The van der Waals surface area contributed by atoms with Crippen molar-refractivity contribution in [2.45, 2.75) is 6.92 Å². The number of hydrogen-bond acceptors (Lipinski definition) is 4. The van der Waals surface area contributed by atoms with Gasteiger partial charge in [0.15, 0.2) is 5.78 Å². The molecule has 5 heteroatoms. The molecule has 0 aliphatic carbocycles. The number of halogens is 1. The van der Waals surface area contributed by atoms with Crippen molar-refractivity contribution in [3.05, 3.63) is 101 Å². The summed E-state index contributed by atoms with van der Waals surface area (Å²) in [6.07, 6.45) is 0. The molecule has 0 N–H and O–H groups in total. The second-order valence-corrected chi connectivity index (χ2v) is 6.65. The Kier molecular flexibility index (Phi) is 5.35. The average Bonchev–Trinajstić information content (AvgIpc) is 2.78. The maximum Gasteiger partial charge on any atom is 0.341 e. The Labute approximate surface area is 173 Å². The minimum absolute atomic E-state index is 0.0370. The molecule has 4 aromatic rings. The van der Waals surface area contributed by atoms with Crippen molar-refractivity contribution in [1.29, 1.82) is 0 Å². The summed E-state index contributed by atoms with van der Waals surface area (Å²) in [6, 6.07) is 21.7. The molecule has 0 spiro atoms. The summed E-state index contributed by atoms with van der Waals surface area (Å²) < 4.78 is 19.4. The van der Waals surface area contributed by atoms with E-state index in [4.69, 9.17) is 4.74 Å². The number of benzene rings is 3. The van der Waals surface area contributed by atoms with Gasteiger partial charge < -0.3 is 4.74 Å². The van der Waals surface area contributed by atoms with Gasteiger partial charge in [-0.2, -0.15) is 0 Å². The van der Waals surface area contributed by atoms with Crippen LogP contribution in [0.1, 0.15) is 33.2 Å². The van der Waals surface area contributed by atoms with Crippen LogP contribution in [0.4, 0.5) is 4.39 Å². The number of esters is 1. The molecule has 1 heterocycles. The fourth-order valence-electron chi connectivity index (χ4n) is 3.41. The van der Waals surface area contributed by atoms with Crippen LogP contribution in [-0.4, -0.2) is 23.3 Å². The fraction of sp³-hybridized carbons (Fsp3) is 0.0800. The molecular formula is C25H18FNO3. The van der Waals surface area contributed by atoms with Crippen LogP contribution in [0.25, 0.3) is 22.2 Å². The summed E-state index contributed by atoms with van der Waals surface area (Å²) in [4.78, 5) is 31.1. The molecule has 0 amide bonds. The van der Waals surface area contributed by atoms with Crippen LogP contribution in [0.15, 0.2) is 78.9 Å². The lowest BCUT2D eigenvalue weighted by Gasteiger charge is -2.16. The van der Waals surface area contributed by atoms with Gasteiger partial charge in [-0.25, -0.2) is 14.2 Å². The molecule has 4 nitrogen and oxygen atoms in total. The maximum absolute atomic E-state index is 14.1.